The number of nitrogens with one attached hydrogen (secondary N) is 1. The van der Waals surface area contributed by atoms with Gasteiger partial charge in [0.05, 0.1) is 5.60 Å². The molecular weight excluding hydrogens is 298 g/mol. The summed E-state index contributed by atoms with van der Waals surface area (Å²) in [4.78, 5) is 11.7. The van der Waals surface area contributed by atoms with Crippen molar-refractivity contribution in [3.8, 4) is 0 Å². The van der Waals surface area contributed by atoms with E-state index in [0.717, 1.165) is 32.2 Å². The Morgan fingerprint density at radius 2 is 1.62 bits per heavy atom. The van der Waals surface area contributed by atoms with E-state index in [4.69, 9.17) is 0 Å². The Hall–Kier alpha value is -1.35. The second-order valence-electron chi connectivity index (χ2n) is 7.37. The maximum atomic E-state index is 11.7. The number of carbonyl (C=O) groups excluding carboxylic acids is 1. The van der Waals surface area contributed by atoms with E-state index < -0.39 is 5.60 Å². The van der Waals surface area contributed by atoms with Gasteiger partial charge in [0.25, 0.3) is 0 Å². The lowest BCUT2D eigenvalue weighted by Gasteiger charge is -2.16. The molecule has 0 aliphatic rings. The van der Waals surface area contributed by atoms with E-state index in [1.54, 1.807) is 0 Å². The van der Waals surface area contributed by atoms with E-state index >= 15 is 0 Å². The van der Waals surface area contributed by atoms with Crippen molar-refractivity contribution in [1.82, 2.24) is 5.32 Å². The van der Waals surface area contributed by atoms with Gasteiger partial charge < -0.3 is 10.4 Å². The van der Waals surface area contributed by atoms with Crippen LogP contribution in [0.5, 0.6) is 0 Å². The summed E-state index contributed by atoms with van der Waals surface area (Å²) in [6, 6.07) is 10.6. The van der Waals surface area contributed by atoms with Gasteiger partial charge in [-0.05, 0) is 51.5 Å². The fraction of sp³-hybridized carbons (Fsp3) is 0.667. The minimum atomic E-state index is -0.614. The first-order chi connectivity index (χ1) is 11.5. The Morgan fingerprint density at radius 3 is 2.33 bits per heavy atom. The zero-order valence-corrected chi connectivity index (χ0v) is 15.5. The fourth-order valence-corrected chi connectivity index (χ4v) is 2.79. The first-order valence-electron chi connectivity index (χ1n) is 9.50. The summed E-state index contributed by atoms with van der Waals surface area (Å²) >= 11 is 0. The molecule has 136 valence electrons. The van der Waals surface area contributed by atoms with Crippen molar-refractivity contribution in [3.63, 3.8) is 0 Å². The molecule has 0 fully saturated rings. The Bertz CT molecular complexity index is 437. The molecule has 0 atom stereocenters. The van der Waals surface area contributed by atoms with Gasteiger partial charge in [-0.2, -0.15) is 0 Å². The largest absolute Gasteiger partial charge is 0.390 e. The molecule has 0 heterocycles. The third kappa shape index (κ3) is 12.1. The van der Waals surface area contributed by atoms with Gasteiger partial charge in [-0.15, -0.1) is 0 Å². The van der Waals surface area contributed by atoms with Crippen LogP contribution >= 0.6 is 0 Å². The van der Waals surface area contributed by atoms with Crippen molar-refractivity contribution in [2.24, 2.45) is 0 Å². The molecular formula is C21H35NO2. The molecule has 0 spiro atoms. The Kier molecular flexibility index (Phi) is 10.4. The van der Waals surface area contributed by atoms with Crippen LogP contribution < -0.4 is 5.32 Å². The summed E-state index contributed by atoms with van der Waals surface area (Å²) in [7, 11) is 0. The van der Waals surface area contributed by atoms with Crippen LogP contribution in [0.3, 0.4) is 0 Å². The minimum Gasteiger partial charge on any atom is -0.390 e. The fourth-order valence-electron chi connectivity index (χ4n) is 2.79. The van der Waals surface area contributed by atoms with E-state index in [2.05, 4.69) is 35.6 Å². The van der Waals surface area contributed by atoms with Gasteiger partial charge in [0.2, 0.25) is 5.91 Å². The molecule has 1 amide bonds. The monoisotopic (exact) mass is 333 g/mol. The van der Waals surface area contributed by atoms with Crippen LogP contribution in [0.1, 0.15) is 77.2 Å². The SMILES string of the molecule is CC(C)(O)CCCCC(=O)NCCCCCCCc1ccccc1. The summed E-state index contributed by atoms with van der Waals surface area (Å²) < 4.78 is 0. The molecule has 0 unspecified atom stereocenters. The molecule has 3 heteroatoms. The predicted octanol–water partition coefficient (Wildman–Crippen LogP) is 4.63. The number of amides is 1. The molecule has 0 saturated heterocycles. The molecule has 2 N–H and O–H groups in total. The first-order valence-corrected chi connectivity index (χ1v) is 9.50. The number of rotatable bonds is 13. The van der Waals surface area contributed by atoms with E-state index in [9.17, 15) is 9.90 Å². The lowest BCUT2D eigenvalue weighted by Crippen LogP contribution is -2.24. The van der Waals surface area contributed by atoms with Gasteiger partial charge in [-0.1, -0.05) is 56.0 Å². The van der Waals surface area contributed by atoms with Gasteiger partial charge in [0.15, 0.2) is 0 Å². The number of carbonyl (C=O) groups is 1. The molecule has 1 aromatic carbocycles. The zero-order chi connectivity index (χ0) is 17.7. The van der Waals surface area contributed by atoms with Crippen molar-refractivity contribution in [3.05, 3.63) is 35.9 Å². The highest BCUT2D eigenvalue weighted by Gasteiger charge is 2.11. The predicted molar refractivity (Wildman–Crippen MR) is 101 cm³/mol. The van der Waals surface area contributed by atoms with Crippen LogP contribution in [0.2, 0.25) is 0 Å². The smallest absolute Gasteiger partial charge is 0.219 e. The molecule has 0 aliphatic carbocycles. The van der Waals surface area contributed by atoms with Gasteiger partial charge in [-0.3, -0.25) is 4.79 Å². The quantitative estimate of drug-likeness (QED) is 0.517. The van der Waals surface area contributed by atoms with Crippen molar-refractivity contribution in [2.75, 3.05) is 6.54 Å². The molecule has 24 heavy (non-hydrogen) atoms. The molecule has 0 saturated carbocycles. The maximum Gasteiger partial charge on any atom is 0.219 e. The normalized spacial score (nSPS) is 11.5. The molecule has 0 bridgehead atoms. The molecule has 1 rings (SSSR count). The molecule has 1 aromatic rings. The third-order valence-corrected chi connectivity index (χ3v) is 4.25. The maximum absolute atomic E-state index is 11.7. The van der Waals surface area contributed by atoms with Crippen molar-refractivity contribution < 1.29 is 9.90 Å². The van der Waals surface area contributed by atoms with Gasteiger partial charge in [0.1, 0.15) is 0 Å². The highest BCUT2D eigenvalue weighted by Crippen LogP contribution is 2.13. The van der Waals surface area contributed by atoms with Crippen LogP contribution in [-0.4, -0.2) is 23.2 Å². The Morgan fingerprint density at radius 1 is 0.958 bits per heavy atom. The number of hydrogen-bond acceptors (Lipinski definition) is 2. The molecule has 0 aromatic heterocycles. The lowest BCUT2D eigenvalue weighted by molar-refractivity contribution is -0.121. The second kappa shape index (κ2) is 12.1. The van der Waals surface area contributed by atoms with E-state index in [1.165, 1.54) is 37.7 Å². The van der Waals surface area contributed by atoms with E-state index in [-0.39, 0.29) is 5.91 Å². The van der Waals surface area contributed by atoms with Crippen molar-refractivity contribution in [1.29, 1.82) is 0 Å². The van der Waals surface area contributed by atoms with Gasteiger partial charge >= 0.3 is 0 Å². The summed E-state index contributed by atoms with van der Waals surface area (Å²) in [5, 5.41) is 12.6. The average Bonchev–Trinajstić information content (AvgIpc) is 2.54. The Labute approximate surface area is 147 Å². The highest BCUT2D eigenvalue weighted by molar-refractivity contribution is 5.75. The topological polar surface area (TPSA) is 49.3 Å². The van der Waals surface area contributed by atoms with Crippen LogP contribution in [0, 0.1) is 0 Å². The van der Waals surface area contributed by atoms with Gasteiger partial charge in [-0.25, -0.2) is 0 Å². The summed E-state index contributed by atoms with van der Waals surface area (Å²) in [5.74, 6) is 0.148. The van der Waals surface area contributed by atoms with Crippen LogP contribution in [-0.2, 0) is 11.2 Å². The average molecular weight is 334 g/mol. The van der Waals surface area contributed by atoms with Gasteiger partial charge in [0, 0.05) is 13.0 Å². The second-order valence-corrected chi connectivity index (χ2v) is 7.37. The van der Waals surface area contributed by atoms with Crippen LogP contribution in [0.4, 0.5) is 0 Å². The Balaban J connectivity index is 1.86. The lowest BCUT2D eigenvalue weighted by atomic mass is 10.0. The standard InChI is InChI=1S/C21H35NO2/c1-21(2,24)17-11-10-16-20(23)22-18-12-5-3-4-7-13-19-14-8-6-9-15-19/h6,8-9,14-15,24H,3-5,7,10-13,16-18H2,1-2H3,(H,22,23). The van der Waals surface area contributed by atoms with E-state index in [0.29, 0.717) is 6.42 Å². The summed E-state index contributed by atoms with van der Waals surface area (Å²) in [5.41, 5.74) is 0.811. The van der Waals surface area contributed by atoms with E-state index in [1.807, 2.05) is 13.8 Å². The van der Waals surface area contributed by atoms with Crippen molar-refractivity contribution in [2.45, 2.75) is 83.7 Å². The van der Waals surface area contributed by atoms with Crippen molar-refractivity contribution >= 4 is 5.91 Å². The molecule has 0 radical (unpaired) electrons. The van der Waals surface area contributed by atoms with Crippen LogP contribution in [0.15, 0.2) is 30.3 Å². The zero-order valence-electron chi connectivity index (χ0n) is 15.5. The minimum absolute atomic E-state index is 0.148. The molecule has 0 aliphatic heterocycles. The first kappa shape index (κ1) is 20.7. The van der Waals surface area contributed by atoms with Crippen LogP contribution in [0.25, 0.3) is 0 Å². The number of aryl methyl sites for hydroxylation is 1. The summed E-state index contributed by atoms with van der Waals surface area (Å²) in [6.07, 6.45) is 10.3. The molecule has 3 nitrogen and oxygen atoms in total. The number of benzene rings is 1. The highest BCUT2D eigenvalue weighted by atomic mass is 16.3. The summed E-state index contributed by atoms with van der Waals surface area (Å²) in [6.45, 7) is 4.42. The third-order valence-electron chi connectivity index (χ3n) is 4.25. The number of aliphatic hydroxyl groups is 1. The number of unbranched alkanes of at least 4 members (excludes halogenated alkanes) is 5. The number of hydrogen-bond donors (Lipinski definition) is 2.